The molecule has 8 heteroatoms. The van der Waals surface area contributed by atoms with Crippen molar-refractivity contribution in [3.8, 4) is 0 Å². The van der Waals surface area contributed by atoms with Crippen LogP contribution in [0.1, 0.15) is 45.7 Å². The van der Waals surface area contributed by atoms with Gasteiger partial charge in [-0.2, -0.15) is 0 Å². The molecule has 0 amide bonds. The maximum Gasteiger partial charge on any atom is 0.324 e. The zero-order valence-electron chi connectivity index (χ0n) is 16.7. The van der Waals surface area contributed by atoms with Gasteiger partial charge in [-0.15, -0.1) is 17.9 Å². The van der Waals surface area contributed by atoms with E-state index in [1.165, 1.54) is 11.3 Å². The highest BCUT2D eigenvalue weighted by atomic mass is 32.1. The van der Waals surface area contributed by atoms with E-state index >= 15 is 0 Å². The van der Waals surface area contributed by atoms with Crippen molar-refractivity contribution in [1.82, 2.24) is 4.98 Å². The fourth-order valence-electron chi connectivity index (χ4n) is 3.60. The molecule has 2 aliphatic rings. The van der Waals surface area contributed by atoms with Crippen molar-refractivity contribution < 1.29 is 23.8 Å². The number of aromatic nitrogens is 1. The Balaban J connectivity index is 1.66. The van der Waals surface area contributed by atoms with Gasteiger partial charge in [-0.3, -0.25) is 9.59 Å². The van der Waals surface area contributed by atoms with Crippen molar-refractivity contribution in [2.75, 3.05) is 25.1 Å². The average Bonchev–Trinajstić information content (AvgIpc) is 3.29. The summed E-state index contributed by atoms with van der Waals surface area (Å²) in [5.74, 6) is -0.496. The first-order chi connectivity index (χ1) is 13.3. The first-order valence-electron chi connectivity index (χ1n) is 9.62. The predicted octanol–water partition coefficient (Wildman–Crippen LogP) is 3.27. The Morgan fingerprint density at radius 3 is 2.96 bits per heavy atom. The standard InChI is InChI=1S/C20H28N2O5S/c1-5-7-21-18-22-15(11-28-18)19(4)12-20(17(24)27-19)9-14(26-16(20)23)10-25-8-6-13(2)3/h5,11,13-14H,1,6-10,12H2,2-4H3,(H,21,22)/t14-,19-,20+/m1/s1. The molecular formula is C20H28N2O5S. The molecule has 2 fully saturated rings. The lowest BCUT2D eigenvalue weighted by atomic mass is 9.78. The zero-order valence-corrected chi connectivity index (χ0v) is 17.5. The Bertz CT molecular complexity index is 749. The Labute approximate surface area is 169 Å². The van der Waals surface area contributed by atoms with E-state index in [0.29, 0.717) is 31.4 Å². The van der Waals surface area contributed by atoms with E-state index in [4.69, 9.17) is 14.2 Å². The average molecular weight is 409 g/mol. The number of carbonyl (C=O) groups is 2. The second-order valence-electron chi connectivity index (χ2n) is 8.08. The van der Waals surface area contributed by atoms with Crippen LogP contribution in [-0.4, -0.2) is 42.8 Å². The third-order valence-corrected chi connectivity index (χ3v) is 5.98. The molecule has 2 saturated heterocycles. The van der Waals surface area contributed by atoms with Gasteiger partial charge in [0.1, 0.15) is 6.10 Å². The number of esters is 2. The maximum atomic E-state index is 12.7. The summed E-state index contributed by atoms with van der Waals surface area (Å²) in [6.45, 7) is 11.2. The second-order valence-corrected chi connectivity index (χ2v) is 8.93. The van der Waals surface area contributed by atoms with Crippen LogP contribution in [-0.2, 0) is 29.4 Å². The van der Waals surface area contributed by atoms with Gasteiger partial charge in [0.15, 0.2) is 16.1 Å². The summed E-state index contributed by atoms with van der Waals surface area (Å²) in [6, 6.07) is 0. The number of carbonyl (C=O) groups excluding carboxylic acids is 2. The van der Waals surface area contributed by atoms with E-state index in [2.05, 4.69) is 30.7 Å². The van der Waals surface area contributed by atoms with Gasteiger partial charge in [-0.25, -0.2) is 4.98 Å². The summed E-state index contributed by atoms with van der Waals surface area (Å²) >= 11 is 1.43. The molecule has 0 bridgehead atoms. The van der Waals surface area contributed by atoms with Gasteiger partial charge in [-0.1, -0.05) is 19.9 Å². The van der Waals surface area contributed by atoms with Crippen LogP contribution in [0, 0.1) is 11.3 Å². The fraction of sp³-hybridized carbons (Fsp3) is 0.650. The smallest absolute Gasteiger partial charge is 0.324 e. The van der Waals surface area contributed by atoms with Crippen LogP contribution in [0.4, 0.5) is 5.13 Å². The number of nitrogens with one attached hydrogen (secondary N) is 1. The van der Waals surface area contributed by atoms with Crippen molar-refractivity contribution in [1.29, 1.82) is 0 Å². The second kappa shape index (κ2) is 8.21. The molecule has 3 atom stereocenters. The highest BCUT2D eigenvalue weighted by molar-refractivity contribution is 7.13. The minimum atomic E-state index is -1.26. The summed E-state index contributed by atoms with van der Waals surface area (Å²) in [5.41, 5.74) is -1.58. The molecule has 2 aliphatic heterocycles. The molecule has 7 nitrogen and oxygen atoms in total. The first-order valence-corrected chi connectivity index (χ1v) is 10.5. The molecular weight excluding hydrogens is 380 g/mol. The van der Waals surface area contributed by atoms with Gasteiger partial charge < -0.3 is 19.5 Å². The van der Waals surface area contributed by atoms with Gasteiger partial charge in [-0.05, 0) is 19.3 Å². The van der Waals surface area contributed by atoms with E-state index < -0.39 is 29.1 Å². The van der Waals surface area contributed by atoms with Crippen LogP contribution in [0.5, 0.6) is 0 Å². The van der Waals surface area contributed by atoms with E-state index in [1.54, 1.807) is 13.0 Å². The summed E-state index contributed by atoms with van der Waals surface area (Å²) < 4.78 is 16.8. The molecule has 0 saturated carbocycles. The summed E-state index contributed by atoms with van der Waals surface area (Å²) in [6.07, 6.45) is 2.77. The summed E-state index contributed by atoms with van der Waals surface area (Å²) in [5, 5.41) is 5.69. The van der Waals surface area contributed by atoms with Crippen molar-refractivity contribution in [2.45, 2.75) is 51.7 Å². The minimum Gasteiger partial charge on any atom is -0.459 e. The Hall–Kier alpha value is -1.93. The van der Waals surface area contributed by atoms with Crippen LogP contribution in [0.15, 0.2) is 18.0 Å². The molecule has 0 aliphatic carbocycles. The SMILES string of the molecule is C=CCNc1nc([C@@]2(C)C[C@]3(C[C@H](COCCC(C)C)OC3=O)C(=O)O2)cs1. The third kappa shape index (κ3) is 4.07. The predicted molar refractivity (Wildman–Crippen MR) is 106 cm³/mol. The number of cyclic esters (lactones) is 2. The molecule has 3 rings (SSSR count). The van der Waals surface area contributed by atoms with Gasteiger partial charge in [0.2, 0.25) is 0 Å². The lowest BCUT2D eigenvalue weighted by Gasteiger charge is -2.20. The molecule has 28 heavy (non-hydrogen) atoms. The number of thiazole rings is 1. The number of anilines is 1. The summed E-state index contributed by atoms with van der Waals surface area (Å²) in [4.78, 5) is 29.8. The Kier molecular flexibility index (Phi) is 6.09. The van der Waals surface area contributed by atoms with Crippen LogP contribution in [0.3, 0.4) is 0 Å². The quantitative estimate of drug-likeness (QED) is 0.290. The molecule has 3 heterocycles. The van der Waals surface area contributed by atoms with Gasteiger partial charge in [0, 0.05) is 31.4 Å². The number of hydrogen-bond donors (Lipinski definition) is 1. The molecule has 0 radical (unpaired) electrons. The van der Waals surface area contributed by atoms with E-state index in [0.717, 1.165) is 11.6 Å². The molecule has 1 spiro atoms. The molecule has 1 N–H and O–H groups in total. The van der Waals surface area contributed by atoms with Gasteiger partial charge >= 0.3 is 11.9 Å². The largest absolute Gasteiger partial charge is 0.459 e. The Morgan fingerprint density at radius 1 is 1.46 bits per heavy atom. The lowest BCUT2D eigenvalue weighted by molar-refractivity contribution is -0.160. The number of ether oxygens (including phenoxy) is 3. The topological polar surface area (TPSA) is 86.8 Å². The highest BCUT2D eigenvalue weighted by Crippen LogP contribution is 2.52. The van der Waals surface area contributed by atoms with E-state index in [1.807, 2.05) is 5.38 Å². The zero-order chi connectivity index (χ0) is 20.4. The lowest BCUT2D eigenvalue weighted by Crippen LogP contribution is -2.32. The minimum absolute atomic E-state index is 0.227. The number of rotatable bonds is 9. The van der Waals surface area contributed by atoms with Crippen molar-refractivity contribution >= 4 is 28.4 Å². The van der Waals surface area contributed by atoms with Crippen LogP contribution in [0.25, 0.3) is 0 Å². The van der Waals surface area contributed by atoms with Crippen molar-refractivity contribution in [3.05, 3.63) is 23.7 Å². The van der Waals surface area contributed by atoms with Crippen LogP contribution in [0.2, 0.25) is 0 Å². The third-order valence-electron chi connectivity index (χ3n) is 5.18. The van der Waals surface area contributed by atoms with E-state index in [9.17, 15) is 9.59 Å². The monoisotopic (exact) mass is 408 g/mol. The molecule has 0 unspecified atom stereocenters. The van der Waals surface area contributed by atoms with Crippen molar-refractivity contribution in [2.24, 2.45) is 11.3 Å². The molecule has 0 aromatic carbocycles. The molecule has 154 valence electrons. The fourth-order valence-corrected chi connectivity index (χ4v) is 4.45. The first kappa shape index (κ1) is 20.8. The van der Waals surface area contributed by atoms with E-state index in [-0.39, 0.29) is 12.8 Å². The highest BCUT2D eigenvalue weighted by Gasteiger charge is 2.65. The Morgan fingerprint density at radius 2 is 2.25 bits per heavy atom. The number of nitrogens with zero attached hydrogens (tertiary/aromatic N) is 1. The van der Waals surface area contributed by atoms with Crippen LogP contribution < -0.4 is 5.32 Å². The van der Waals surface area contributed by atoms with Crippen molar-refractivity contribution in [3.63, 3.8) is 0 Å². The normalized spacial score (nSPS) is 29.4. The molecule has 1 aromatic heterocycles. The number of hydrogen-bond acceptors (Lipinski definition) is 8. The molecule has 1 aromatic rings. The maximum absolute atomic E-state index is 12.7. The van der Waals surface area contributed by atoms with Gasteiger partial charge in [0.25, 0.3) is 0 Å². The van der Waals surface area contributed by atoms with Crippen LogP contribution >= 0.6 is 11.3 Å². The summed E-state index contributed by atoms with van der Waals surface area (Å²) in [7, 11) is 0. The van der Waals surface area contributed by atoms with Gasteiger partial charge in [0.05, 0.1) is 12.3 Å².